The zero-order valence-electron chi connectivity index (χ0n) is 15.3. The van der Waals surface area contributed by atoms with Crippen LogP contribution < -0.4 is 4.72 Å². The molecule has 0 fully saturated rings. The predicted molar refractivity (Wildman–Crippen MR) is 111 cm³/mol. The highest BCUT2D eigenvalue weighted by molar-refractivity contribution is 7.89. The van der Waals surface area contributed by atoms with Crippen LogP contribution in [0, 0.1) is 0 Å². The maximum Gasteiger partial charge on any atom is 0.322 e. The minimum Gasteiger partial charge on any atom is -0.480 e. The molecule has 4 aromatic rings. The van der Waals surface area contributed by atoms with Gasteiger partial charge in [-0.05, 0) is 34.9 Å². The summed E-state index contributed by atoms with van der Waals surface area (Å²) in [5.41, 5.74) is 1.03. The Kier molecular flexibility index (Phi) is 5.00. The van der Waals surface area contributed by atoms with Gasteiger partial charge in [-0.1, -0.05) is 60.7 Å². The summed E-state index contributed by atoms with van der Waals surface area (Å²) >= 11 is 0. The lowest BCUT2D eigenvalue weighted by molar-refractivity contribution is -0.138. The molecule has 0 unspecified atom stereocenters. The average Bonchev–Trinajstić information content (AvgIpc) is 2.72. The molecule has 3 aromatic carbocycles. The largest absolute Gasteiger partial charge is 0.480 e. The van der Waals surface area contributed by atoms with Crippen molar-refractivity contribution in [1.82, 2.24) is 9.71 Å². The first-order valence-corrected chi connectivity index (χ1v) is 10.5. The van der Waals surface area contributed by atoms with Crippen molar-refractivity contribution >= 4 is 37.7 Å². The number of aromatic nitrogens is 1. The Bertz CT molecular complexity index is 1310. The summed E-state index contributed by atoms with van der Waals surface area (Å²) in [6.07, 6.45) is 1.53. The summed E-state index contributed by atoms with van der Waals surface area (Å²) in [6, 6.07) is 20.3. The van der Waals surface area contributed by atoms with Crippen LogP contribution >= 0.6 is 0 Å². The van der Waals surface area contributed by atoms with Crippen molar-refractivity contribution < 1.29 is 18.3 Å². The summed E-state index contributed by atoms with van der Waals surface area (Å²) < 4.78 is 28.2. The monoisotopic (exact) mass is 406 g/mol. The van der Waals surface area contributed by atoms with E-state index in [1.54, 1.807) is 24.3 Å². The van der Waals surface area contributed by atoms with Crippen molar-refractivity contribution in [2.75, 3.05) is 0 Å². The highest BCUT2D eigenvalue weighted by Crippen LogP contribution is 2.22. The fourth-order valence-corrected chi connectivity index (χ4v) is 4.69. The number of hydrogen-bond donors (Lipinski definition) is 2. The lowest BCUT2D eigenvalue weighted by Crippen LogP contribution is -2.42. The minimum atomic E-state index is -4.09. The molecule has 0 bridgehead atoms. The van der Waals surface area contributed by atoms with Crippen LogP contribution in [0.2, 0.25) is 0 Å². The van der Waals surface area contributed by atoms with Crippen LogP contribution in [0.5, 0.6) is 0 Å². The van der Waals surface area contributed by atoms with Gasteiger partial charge >= 0.3 is 5.97 Å². The summed E-state index contributed by atoms with van der Waals surface area (Å²) in [4.78, 5) is 15.9. The number of fused-ring (bicyclic) bond motifs is 2. The molecule has 0 aliphatic rings. The Morgan fingerprint density at radius 1 is 0.931 bits per heavy atom. The molecule has 0 aliphatic carbocycles. The number of hydrogen-bond acceptors (Lipinski definition) is 4. The van der Waals surface area contributed by atoms with E-state index in [4.69, 9.17) is 0 Å². The van der Waals surface area contributed by atoms with Crippen LogP contribution in [0.1, 0.15) is 5.56 Å². The van der Waals surface area contributed by atoms with Gasteiger partial charge in [0.15, 0.2) is 0 Å². The second kappa shape index (κ2) is 7.62. The SMILES string of the molecule is O=C(O)[C@H](Cc1ccc2ccccc2c1)NS(=O)(=O)c1cccc2cccnc12. The summed E-state index contributed by atoms with van der Waals surface area (Å²) in [7, 11) is -4.09. The van der Waals surface area contributed by atoms with Gasteiger partial charge in [-0.2, -0.15) is 4.72 Å². The maximum absolute atomic E-state index is 12.9. The average molecular weight is 406 g/mol. The summed E-state index contributed by atoms with van der Waals surface area (Å²) in [6.45, 7) is 0. The topological polar surface area (TPSA) is 96.4 Å². The van der Waals surface area contributed by atoms with E-state index >= 15 is 0 Å². The van der Waals surface area contributed by atoms with Crippen molar-refractivity contribution in [3.05, 3.63) is 84.6 Å². The van der Waals surface area contributed by atoms with Gasteiger partial charge in [0.1, 0.15) is 10.9 Å². The number of rotatable bonds is 6. The molecular formula is C22H18N2O4S. The van der Waals surface area contributed by atoms with E-state index in [1.807, 2.05) is 42.5 Å². The lowest BCUT2D eigenvalue weighted by Gasteiger charge is -2.16. The van der Waals surface area contributed by atoms with E-state index in [0.717, 1.165) is 16.3 Å². The summed E-state index contributed by atoms with van der Waals surface area (Å²) in [5, 5.41) is 12.3. The van der Waals surface area contributed by atoms with Crippen molar-refractivity contribution in [2.24, 2.45) is 0 Å². The van der Waals surface area contributed by atoms with Gasteiger partial charge < -0.3 is 5.11 Å². The normalized spacial score (nSPS) is 12.8. The second-order valence-electron chi connectivity index (χ2n) is 6.73. The molecule has 0 spiro atoms. The van der Waals surface area contributed by atoms with Crippen molar-refractivity contribution in [1.29, 1.82) is 0 Å². The van der Waals surface area contributed by atoms with Gasteiger partial charge in [0.05, 0.1) is 5.52 Å². The second-order valence-corrected chi connectivity index (χ2v) is 8.41. The van der Waals surface area contributed by atoms with Gasteiger partial charge in [-0.3, -0.25) is 9.78 Å². The first-order chi connectivity index (χ1) is 13.9. The van der Waals surface area contributed by atoms with Crippen molar-refractivity contribution in [2.45, 2.75) is 17.4 Å². The van der Waals surface area contributed by atoms with E-state index in [1.165, 1.54) is 12.3 Å². The fraction of sp³-hybridized carbons (Fsp3) is 0.0909. The van der Waals surface area contributed by atoms with E-state index in [0.29, 0.717) is 10.9 Å². The molecule has 0 aliphatic heterocycles. The number of nitrogens with zero attached hydrogens (tertiary/aromatic N) is 1. The number of benzene rings is 3. The third-order valence-corrected chi connectivity index (χ3v) is 6.24. The molecule has 146 valence electrons. The number of para-hydroxylation sites is 1. The molecule has 0 radical (unpaired) electrons. The van der Waals surface area contributed by atoms with Crippen LogP contribution in [0.4, 0.5) is 0 Å². The van der Waals surface area contributed by atoms with Crippen LogP contribution in [0.25, 0.3) is 21.7 Å². The zero-order valence-corrected chi connectivity index (χ0v) is 16.1. The molecule has 6 nitrogen and oxygen atoms in total. The number of nitrogens with one attached hydrogen (secondary N) is 1. The highest BCUT2D eigenvalue weighted by atomic mass is 32.2. The lowest BCUT2D eigenvalue weighted by atomic mass is 10.0. The molecule has 0 saturated carbocycles. The fourth-order valence-electron chi connectivity index (χ4n) is 3.32. The van der Waals surface area contributed by atoms with E-state index in [-0.39, 0.29) is 11.3 Å². The Hall–Kier alpha value is -3.29. The smallest absolute Gasteiger partial charge is 0.322 e. The number of pyridine rings is 1. The van der Waals surface area contributed by atoms with Gasteiger partial charge in [-0.15, -0.1) is 0 Å². The number of carbonyl (C=O) groups is 1. The Morgan fingerprint density at radius 3 is 2.45 bits per heavy atom. The predicted octanol–water partition coefficient (Wildman–Crippen LogP) is 3.36. The van der Waals surface area contributed by atoms with Gasteiger partial charge in [0.2, 0.25) is 10.0 Å². The molecule has 0 amide bonds. The van der Waals surface area contributed by atoms with Crippen molar-refractivity contribution in [3.8, 4) is 0 Å². The Balaban J connectivity index is 1.65. The number of carboxylic acid groups (broad SMARTS) is 1. The van der Waals surface area contributed by atoms with Crippen LogP contribution in [-0.4, -0.2) is 30.5 Å². The van der Waals surface area contributed by atoms with E-state index in [9.17, 15) is 18.3 Å². The molecule has 29 heavy (non-hydrogen) atoms. The van der Waals surface area contributed by atoms with Crippen LogP contribution in [-0.2, 0) is 21.2 Å². The third-order valence-electron chi connectivity index (χ3n) is 4.73. The van der Waals surface area contributed by atoms with E-state index in [2.05, 4.69) is 9.71 Å². The quantitative estimate of drug-likeness (QED) is 0.512. The molecular weight excluding hydrogens is 388 g/mol. The standard InChI is InChI=1S/C22H18N2O4S/c25-22(26)19(14-15-10-11-16-5-1-2-6-18(16)13-15)24-29(27,28)20-9-3-7-17-8-4-12-23-21(17)20/h1-13,19,24H,14H2,(H,25,26)/t19-/m0/s1. The molecule has 1 aromatic heterocycles. The first kappa shape index (κ1) is 19.0. The van der Waals surface area contributed by atoms with Gasteiger partial charge in [0, 0.05) is 11.6 Å². The number of aliphatic carboxylic acids is 1. The molecule has 0 saturated heterocycles. The third kappa shape index (κ3) is 3.96. The number of sulfonamides is 1. The Labute approximate surface area is 167 Å². The minimum absolute atomic E-state index is 0.0254. The molecule has 7 heteroatoms. The molecule has 1 heterocycles. The maximum atomic E-state index is 12.9. The molecule has 1 atom stereocenters. The van der Waals surface area contributed by atoms with Gasteiger partial charge in [-0.25, -0.2) is 8.42 Å². The highest BCUT2D eigenvalue weighted by Gasteiger charge is 2.27. The van der Waals surface area contributed by atoms with E-state index < -0.39 is 22.0 Å². The van der Waals surface area contributed by atoms with Crippen LogP contribution in [0.15, 0.2) is 83.9 Å². The summed E-state index contributed by atoms with van der Waals surface area (Å²) in [5.74, 6) is -1.24. The Morgan fingerprint density at radius 2 is 1.66 bits per heavy atom. The van der Waals surface area contributed by atoms with Crippen molar-refractivity contribution in [3.63, 3.8) is 0 Å². The molecule has 2 N–H and O–H groups in total. The zero-order chi connectivity index (χ0) is 20.4. The van der Waals surface area contributed by atoms with Crippen LogP contribution in [0.3, 0.4) is 0 Å². The molecule has 4 rings (SSSR count). The number of carboxylic acids is 1. The van der Waals surface area contributed by atoms with Gasteiger partial charge in [0.25, 0.3) is 0 Å². The first-order valence-electron chi connectivity index (χ1n) is 9.01.